The number of nitrogens with one attached hydrogen (secondary N) is 1. The van der Waals surface area contributed by atoms with E-state index in [4.69, 9.17) is 16.3 Å². The van der Waals surface area contributed by atoms with E-state index >= 15 is 0 Å². The van der Waals surface area contributed by atoms with Crippen molar-refractivity contribution >= 4 is 35.0 Å². The summed E-state index contributed by atoms with van der Waals surface area (Å²) in [5.74, 6) is 0.316. The average Bonchev–Trinajstić information content (AvgIpc) is 3.38. The Hall–Kier alpha value is -2.42. The van der Waals surface area contributed by atoms with E-state index < -0.39 is 0 Å². The minimum Gasteiger partial charge on any atom is -0.376 e. The number of amides is 1. The number of carbonyl (C=O) groups excluding carboxylic acids is 1. The third-order valence-electron chi connectivity index (χ3n) is 4.67. The van der Waals surface area contributed by atoms with Gasteiger partial charge in [0.05, 0.1) is 18.4 Å². The summed E-state index contributed by atoms with van der Waals surface area (Å²) in [6.45, 7) is 1.32. The van der Waals surface area contributed by atoms with E-state index in [9.17, 15) is 9.18 Å². The van der Waals surface area contributed by atoms with Crippen molar-refractivity contribution in [3.8, 4) is 11.4 Å². The van der Waals surface area contributed by atoms with Crippen molar-refractivity contribution in [1.82, 2.24) is 14.8 Å². The number of anilines is 1. The Labute approximate surface area is 182 Å². The molecule has 4 rings (SSSR count). The molecule has 9 heteroatoms. The summed E-state index contributed by atoms with van der Waals surface area (Å²) in [7, 11) is 0. The van der Waals surface area contributed by atoms with Crippen molar-refractivity contribution in [2.45, 2.75) is 30.6 Å². The van der Waals surface area contributed by atoms with Gasteiger partial charge in [-0.3, -0.25) is 9.36 Å². The van der Waals surface area contributed by atoms with E-state index in [0.717, 1.165) is 25.0 Å². The van der Waals surface area contributed by atoms with Crippen LogP contribution < -0.4 is 5.32 Å². The third-order valence-corrected chi connectivity index (χ3v) is 5.87. The standard InChI is InChI=1S/C21H20ClFN4O2S/c22-15-3-1-4-17(11-15)24-19(28)13-30-21-26-25-20(14-6-8-16(23)9-7-14)27(21)12-18-5-2-10-29-18/h1,3-4,6-9,11,18H,2,5,10,12-13H2,(H,24,28). The molecule has 1 N–H and O–H groups in total. The van der Waals surface area contributed by atoms with Gasteiger partial charge in [0, 0.05) is 22.9 Å². The normalized spacial score (nSPS) is 16.0. The van der Waals surface area contributed by atoms with E-state index in [0.29, 0.717) is 28.2 Å². The highest BCUT2D eigenvalue weighted by Crippen LogP contribution is 2.27. The summed E-state index contributed by atoms with van der Waals surface area (Å²) in [4.78, 5) is 12.4. The molecule has 156 valence electrons. The first-order valence-electron chi connectivity index (χ1n) is 9.57. The molecule has 0 aliphatic carbocycles. The van der Waals surface area contributed by atoms with Gasteiger partial charge in [-0.1, -0.05) is 29.4 Å². The zero-order chi connectivity index (χ0) is 20.9. The molecule has 1 aromatic heterocycles. The molecule has 3 aromatic rings. The fraction of sp³-hybridized carbons (Fsp3) is 0.286. The number of carbonyl (C=O) groups is 1. The fourth-order valence-electron chi connectivity index (χ4n) is 3.26. The molecule has 2 aromatic carbocycles. The first-order chi connectivity index (χ1) is 14.6. The van der Waals surface area contributed by atoms with Crippen LogP contribution >= 0.6 is 23.4 Å². The van der Waals surface area contributed by atoms with E-state index in [-0.39, 0.29) is 23.6 Å². The lowest BCUT2D eigenvalue weighted by Gasteiger charge is -2.14. The average molecular weight is 447 g/mol. The quantitative estimate of drug-likeness (QED) is 0.535. The maximum Gasteiger partial charge on any atom is 0.234 e. The Morgan fingerprint density at radius 3 is 2.83 bits per heavy atom. The summed E-state index contributed by atoms with van der Waals surface area (Å²) >= 11 is 7.26. The molecule has 0 saturated carbocycles. The van der Waals surface area contributed by atoms with Gasteiger partial charge in [0.1, 0.15) is 5.82 Å². The van der Waals surface area contributed by atoms with E-state index in [1.807, 2.05) is 4.57 Å². The number of benzene rings is 2. The predicted octanol–water partition coefficient (Wildman–Crippen LogP) is 4.65. The van der Waals surface area contributed by atoms with Gasteiger partial charge < -0.3 is 10.1 Å². The Balaban J connectivity index is 1.50. The molecule has 1 saturated heterocycles. The zero-order valence-corrected chi connectivity index (χ0v) is 17.6. The monoisotopic (exact) mass is 446 g/mol. The number of hydrogen-bond donors (Lipinski definition) is 1. The topological polar surface area (TPSA) is 69.0 Å². The second-order valence-electron chi connectivity index (χ2n) is 6.91. The van der Waals surface area contributed by atoms with Crippen LogP contribution in [0.25, 0.3) is 11.4 Å². The minimum absolute atomic E-state index is 0.0693. The van der Waals surface area contributed by atoms with E-state index in [2.05, 4.69) is 15.5 Å². The summed E-state index contributed by atoms with van der Waals surface area (Å²) in [6, 6.07) is 13.1. The van der Waals surface area contributed by atoms with Gasteiger partial charge in [-0.05, 0) is 55.3 Å². The number of halogens is 2. The van der Waals surface area contributed by atoms with Gasteiger partial charge >= 0.3 is 0 Å². The molecule has 1 fully saturated rings. The van der Waals surface area contributed by atoms with Crippen LogP contribution in [0.2, 0.25) is 5.02 Å². The number of nitrogens with zero attached hydrogens (tertiary/aromatic N) is 3. The number of hydrogen-bond acceptors (Lipinski definition) is 5. The van der Waals surface area contributed by atoms with Gasteiger partial charge in [-0.25, -0.2) is 4.39 Å². The van der Waals surface area contributed by atoms with Crippen LogP contribution in [0.4, 0.5) is 10.1 Å². The molecule has 0 bridgehead atoms. The molecule has 1 atom stereocenters. The second-order valence-corrected chi connectivity index (χ2v) is 8.28. The maximum atomic E-state index is 13.3. The highest BCUT2D eigenvalue weighted by atomic mass is 35.5. The van der Waals surface area contributed by atoms with E-state index in [1.54, 1.807) is 36.4 Å². The number of thioether (sulfide) groups is 1. The lowest BCUT2D eigenvalue weighted by molar-refractivity contribution is -0.113. The van der Waals surface area contributed by atoms with Gasteiger partial charge in [0.25, 0.3) is 0 Å². The van der Waals surface area contributed by atoms with Crippen LogP contribution in [0.15, 0.2) is 53.7 Å². The van der Waals surface area contributed by atoms with Crippen molar-refractivity contribution in [1.29, 1.82) is 0 Å². The molecule has 2 heterocycles. The molecule has 6 nitrogen and oxygen atoms in total. The Morgan fingerprint density at radius 2 is 2.10 bits per heavy atom. The van der Waals surface area contributed by atoms with E-state index in [1.165, 1.54) is 23.9 Å². The second kappa shape index (κ2) is 9.59. The first-order valence-corrected chi connectivity index (χ1v) is 10.9. The fourth-order valence-corrected chi connectivity index (χ4v) is 4.20. The molecule has 0 spiro atoms. The van der Waals surface area contributed by atoms with Crippen LogP contribution in [0, 0.1) is 5.82 Å². The maximum absolute atomic E-state index is 13.3. The highest BCUT2D eigenvalue weighted by molar-refractivity contribution is 7.99. The predicted molar refractivity (Wildman–Crippen MR) is 115 cm³/mol. The van der Waals surface area contributed by atoms with Crippen LogP contribution in [0.5, 0.6) is 0 Å². The molecule has 1 aliphatic heterocycles. The van der Waals surface area contributed by atoms with Crippen molar-refractivity contribution in [2.75, 3.05) is 17.7 Å². The van der Waals surface area contributed by atoms with Crippen molar-refractivity contribution < 1.29 is 13.9 Å². The van der Waals surface area contributed by atoms with Gasteiger partial charge in [0.15, 0.2) is 11.0 Å². The summed E-state index contributed by atoms with van der Waals surface area (Å²) in [5.41, 5.74) is 1.40. The van der Waals surface area contributed by atoms with Crippen LogP contribution in [0.1, 0.15) is 12.8 Å². The molecular formula is C21H20ClFN4O2S. The molecule has 0 radical (unpaired) electrons. The number of ether oxygens (including phenoxy) is 1. The number of aromatic nitrogens is 3. The lowest BCUT2D eigenvalue weighted by atomic mass is 10.2. The summed E-state index contributed by atoms with van der Waals surface area (Å²) < 4.78 is 21.0. The molecule has 30 heavy (non-hydrogen) atoms. The minimum atomic E-state index is -0.309. The van der Waals surface area contributed by atoms with Crippen molar-refractivity contribution in [3.05, 3.63) is 59.4 Å². The van der Waals surface area contributed by atoms with Crippen LogP contribution in [-0.4, -0.2) is 39.1 Å². The lowest BCUT2D eigenvalue weighted by Crippen LogP contribution is -2.18. The summed E-state index contributed by atoms with van der Waals surface area (Å²) in [5, 5.41) is 12.6. The Bertz CT molecular complexity index is 1020. The molecule has 1 aliphatic rings. The largest absolute Gasteiger partial charge is 0.376 e. The smallest absolute Gasteiger partial charge is 0.234 e. The first kappa shape index (κ1) is 20.8. The molecule has 1 amide bonds. The Morgan fingerprint density at radius 1 is 1.27 bits per heavy atom. The SMILES string of the molecule is O=C(CSc1nnc(-c2ccc(F)cc2)n1CC1CCCO1)Nc1cccc(Cl)c1. The van der Waals surface area contributed by atoms with Gasteiger partial charge in [0.2, 0.25) is 5.91 Å². The Kier molecular flexibility index (Phi) is 6.66. The van der Waals surface area contributed by atoms with Crippen molar-refractivity contribution in [2.24, 2.45) is 0 Å². The highest BCUT2D eigenvalue weighted by Gasteiger charge is 2.22. The van der Waals surface area contributed by atoms with Gasteiger partial charge in [-0.2, -0.15) is 0 Å². The summed E-state index contributed by atoms with van der Waals surface area (Å²) in [6.07, 6.45) is 2.05. The van der Waals surface area contributed by atoms with Crippen LogP contribution in [0.3, 0.4) is 0 Å². The number of rotatable bonds is 7. The van der Waals surface area contributed by atoms with Crippen LogP contribution in [-0.2, 0) is 16.1 Å². The molecule has 1 unspecified atom stereocenters. The zero-order valence-electron chi connectivity index (χ0n) is 16.1. The van der Waals surface area contributed by atoms with Crippen molar-refractivity contribution in [3.63, 3.8) is 0 Å². The van der Waals surface area contributed by atoms with Gasteiger partial charge in [-0.15, -0.1) is 10.2 Å². The molecular weight excluding hydrogens is 427 g/mol. The third kappa shape index (κ3) is 5.19.